The van der Waals surface area contributed by atoms with Gasteiger partial charge in [0.05, 0.1) is 12.6 Å². The van der Waals surface area contributed by atoms with Crippen LogP contribution in [0.2, 0.25) is 0 Å². The van der Waals surface area contributed by atoms with Crippen LogP contribution in [0.3, 0.4) is 0 Å². The number of carbonyl (C=O) groups excluding carboxylic acids is 1. The van der Waals surface area contributed by atoms with Crippen LogP contribution in [0.25, 0.3) is 0 Å². The number of amides is 1. The first-order chi connectivity index (χ1) is 6.61. The van der Waals surface area contributed by atoms with Crippen molar-refractivity contribution in [3.05, 3.63) is 0 Å². The molecule has 82 valence electrons. The zero-order valence-corrected chi connectivity index (χ0v) is 8.22. The molecule has 1 aliphatic rings. The summed E-state index contributed by atoms with van der Waals surface area (Å²) in [6.45, 7) is 2.19. The molecule has 2 N–H and O–H groups in total. The fourth-order valence-electron chi connectivity index (χ4n) is 1.69. The van der Waals surface area contributed by atoms with Gasteiger partial charge in [-0.2, -0.15) is 0 Å². The van der Waals surface area contributed by atoms with Crippen LogP contribution in [0.15, 0.2) is 0 Å². The van der Waals surface area contributed by atoms with Crippen LogP contribution >= 0.6 is 0 Å². The molecule has 1 fully saturated rings. The van der Waals surface area contributed by atoms with Crippen molar-refractivity contribution in [2.24, 2.45) is 5.92 Å². The van der Waals surface area contributed by atoms with Crippen molar-refractivity contribution in [2.45, 2.75) is 32.2 Å². The van der Waals surface area contributed by atoms with Gasteiger partial charge in [-0.15, -0.1) is 0 Å². The van der Waals surface area contributed by atoms with Crippen molar-refractivity contribution in [1.82, 2.24) is 10.6 Å². The van der Waals surface area contributed by atoms with Gasteiger partial charge in [0, 0.05) is 0 Å². The van der Waals surface area contributed by atoms with E-state index in [0.717, 1.165) is 19.4 Å². The van der Waals surface area contributed by atoms with E-state index in [4.69, 9.17) is 0 Å². The van der Waals surface area contributed by atoms with E-state index >= 15 is 0 Å². The summed E-state index contributed by atoms with van der Waals surface area (Å²) >= 11 is 0. The van der Waals surface area contributed by atoms with Crippen molar-refractivity contribution in [1.29, 1.82) is 0 Å². The molecule has 1 amide bonds. The fraction of sp³-hybridized carbons (Fsp3) is 0.889. The van der Waals surface area contributed by atoms with Crippen LogP contribution in [-0.2, 0) is 4.79 Å². The molecule has 1 heterocycles. The van der Waals surface area contributed by atoms with Gasteiger partial charge in [-0.05, 0) is 25.3 Å². The molecule has 0 aromatic heterocycles. The van der Waals surface area contributed by atoms with E-state index in [1.54, 1.807) is 0 Å². The Hall–Kier alpha value is -0.710. The Morgan fingerprint density at radius 3 is 2.93 bits per heavy atom. The van der Waals surface area contributed by atoms with Crippen molar-refractivity contribution < 1.29 is 13.6 Å². The SMILES string of the molecule is CC1CCCNC1C(=O)NCC(F)F. The second kappa shape index (κ2) is 5.24. The lowest BCUT2D eigenvalue weighted by atomic mass is 9.92. The number of rotatable bonds is 3. The summed E-state index contributed by atoms with van der Waals surface area (Å²) in [5, 5.41) is 5.27. The Labute approximate surface area is 82.2 Å². The Morgan fingerprint density at radius 2 is 2.36 bits per heavy atom. The van der Waals surface area contributed by atoms with E-state index in [1.165, 1.54) is 0 Å². The van der Waals surface area contributed by atoms with Crippen LogP contribution in [0, 0.1) is 5.92 Å². The van der Waals surface area contributed by atoms with Crippen LogP contribution in [0.4, 0.5) is 8.78 Å². The Kier molecular flexibility index (Phi) is 4.25. The minimum atomic E-state index is -2.47. The fourth-order valence-corrected chi connectivity index (χ4v) is 1.69. The van der Waals surface area contributed by atoms with Crippen molar-refractivity contribution in [3.63, 3.8) is 0 Å². The first kappa shape index (κ1) is 11.4. The second-order valence-electron chi connectivity index (χ2n) is 3.69. The average molecular weight is 206 g/mol. The molecule has 0 saturated carbocycles. The Bertz CT molecular complexity index is 199. The van der Waals surface area contributed by atoms with Crippen LogP contribution in [-0.4, -0.2) is 31.5 Å². The number of hydrogen-bond donors (Lipinski definition) is 2. The summed E-state index contributed by atoms with van der Waals surface area (Å²) in [5.41, 5.74) is 0. The Balaban J connectivity index is 2.34. The minimum Gasteiger partial charge on any atom is -0.349 e. The third-order valence-electron chi connectivity index (χ3n) is 2.48. The predicted molar refractivity (Wildman–Crippen MR) is 49.2 cm³/mol. The largest absolute Gasteiger partial charge is 0.349 e. The van der Waals surface area contributed by atoms with Gasteiger partial charge in [-0.25, -0.2) is 8.78 Å². The standard InChI is InChI=1S/C9H16F2N2O/c1-6-3-2-4-12-8(6)9(14)13-5-7(10)11/h6-8,12H,2-5H2,1H3,(H,13,14). The maximum absolute atomic E-state index is 11.8. The minimum absolute atomic E-state index is 0.224. The number of nitrogens with one attached hydrogen (secondary N) is 2. The summed E-state index contributed by atoms with van der Waals surface area (Å²) in [5.74, 6) is -0.0843. The van der Waals surface area contributed by atoms with E-state index < -0.39 is 13.0 Å². The summed E-state index contributed by atoms with van der Waals surface area (Å²) in [6, 6.07) is -0.303. The smallest absolute Gasteiger partial charge is 0.255 e. The molecule has 2 atom stereocenters. The van der Waals surface area contributed by atoms with Gasteiger partial charge in [0.25, 0.3) is 6.43 Å². The van der Waals surface area contributed by atoms with Gasteiger partial charge in [0.1, 0.15) is 0 Å². The molecule has 0 spiro atoms. The third kappa shape index (κ3) is 3.21. The van der Waals surface area contributed by atoms with Gasteiger partial charge in [0.15, 0.2) is 0 Å². The van der Waals surface area contributed by atoms with Gasteiger partial charge >= 0.3 is 0 Å². The highest BCUT2D eigenvalue weighted by atomic mass is 19.3. The molecule has 0 aromatic rings. The van der Waals surface area contributed by atoms with Gasteiger partial charge in [-0.3, -0.25) is 4.79 Å². The molecule has 0 aliphatic carbocycles. The van der Waals surface area contributed by atoms with Crippen LogP contribution < -0.4 is 10.6 Å². The predicted octanol–water partition coefficient (Wildman–Crippen LogP) is 0.756. The lowest BCUT2D eigenvalue weighted by molar-refractivity contribution is -0.125. The molecule has 14 heavy (non-hydrogen) atoms. The maximum Gasteiger partial charge on any atom is 0.255 e. The van der Waals surface area contributed by atoms with Crippen LogP contribution in [0.5, 0.6) is 0 Å². The lowest BCUT2D eigenvalue weighted by Gasteiger charge is -2.28. The highest BCUT2D eigenvalue weighted by molar-refractivity contribution is 5.82. The van der Waals surface area contributed by atoms with E-state index in [-0.39, 0.29) is 17.9 Å². The van der Waals surface area contributed by atoms with Gasteiger partial charge in [-0.1, -0.05) is 6.92 Å². The first-order valence-electron chi connectivity index (χ1n) is 4.90. The third-order valence-corrected chi connectivity index (χ3v) is 2.48. The summed E-state index contributed by atoms with van der Waals surface area (Å²) < 4.78 is 23.6. The maximum atomic E-state index is 11.8. The molecule has 1 aliphatic heterocycles. The zero-order chi connectivity index (χ0) is 10.6. The van der Waals surface area contributed by atoms with E-state index in [0.29, 0.717) is 0 Å². The molecule has 0 bridgehead atoms. The molecule has 0 radical (unpaired) electrons. The Morgan fingerprint density at radius 1 is 1.64 bits per heavy atom. The highest BCUT2D eigenvalue weighted by Crippen LogP contribution is 2.15. The average Bonchev–Trinajstić information content (AvgIpc) is 2.15. The lowest BCUT2D eigenvalue weighted by Crippen LogP contribution is -2.51. The van der Waals surface area contributed by atoms with Crippen molar-refractivity contribution >= 4 is 5.91 Å². The van der Waals surface area contributed by atoms with E-state index in [9.17, 15) is 13.6 Å². The summed E-state index contributed by atoms with van der Waals surface area (Å²) in [7, 11) is 0. The van der Waals surface area contributed by atoms with Gasteiger partial charge < -0.3 is 10.6 Å². The molecular weight excluding hydrogens is 190 g/mol. The monoisotopic (exact) mass is 206 g/mol. The number of carbonyl (C=O) groups is 1. The number of piperidine rings is 1. The molecule has 5 heteroatoms. The highest BCUT2D eigenvalue weighted by Gasteiger charge is 2.27. The summed E-state index contributed by atoms with van der Waals surface area (Å²) in [6.07, 6.45) is -0.461. The van der Waals surface area contributed by atoms with E-state index in [2.05, 4.69) is 10.6 Å². The normalized spacial score (nSPS) is 27.7. The second-order valence-corrected chi connectivity index (χ2v) is 3.69. The van der Waals surface area contributed by atoms with E-state index in [1.807, 2.05) is 6.92 Å². The van der Waals surface area contributed by atoms with Crippen LogP contribution in [0.1, 0.15) is 19.8 Å². The molecule has 1 rings (SSSR count). The first-order valence-corrected chi connectivity index (χ1v) is 4.90. The number of alkyl halides is 2. The number of halogens is 2. The number of hydrogen-bond acceptors (Lipinski definition) is 2. The van der Waals surface area contributed by atoms with Crippen molar-refractivity contribution in [3.8, 4) is 0 Å². The zero-order valence-electron chi connectivity index (χ0n) is 8.22. The molecular formula is C9H16F2N2O. The van der Waals surface area contributed by atoms with Crippen molar-refractivity contribution in [2.75, 3.05) is 13.1 Å². The quantitative estimate of drug-likeness (QED) is 0.715. The molecule has 3 nitrogen and oxygen atoms in total. The van der Waals surface area contributed by atoms with Gasteiger partial charge in [0.2, 0.25) is 5.91 Å². The molecule has 2 unspecified atom stereocenters. The molecule has 0 aromatic carbocycles. The topological polar surface area (TPSA) is 41.1 Å². The molecule has 1 saturated heterocycles. The summed E-state index contributed by atoms with van der Waals surface area (Å²) in [4.78, 5) is 11.4.